The molecule has 1 atom stereocenters. The average molecular weight is 271 g/mol. The predicted molar refractivity (Wildman–Crippen MR) is 89.0 cm³/mol. The van der Waals surface area contributed by atoms with Crippen LogP contribution in [-0.4, -0.2) is 8.07 Å². The third-order valence-corrected chi connectivity index (χ3v) is 11.5. The molecule has 0 nitrogen and oxygen atoms in total. The van der Waals surface area contributed by atoms with E-state index in [4.69, 9.17) is 0 Å². The van der Waals surface area contributed by atoms with Crippen LogP contribution in [0.5, 0.6) is 0 Å². The van der Waals surface area contributed by atoms with E-state index in [9.17, 15) is 0 Å². The zero-order valence-corrected chi connectivity index (χ0v) is 15.3. The number of hydrogen-bond acceptors (Lipinski definition) is 0. The molecule has 0 bridgehead atoms. The molecule has 0 radical (unpaired) electrons. The van der Waals surface area contributed by atoms with Crippen molar-refractivity contribution in [3.63, 3.8) is 0 Å². The summed E-state index contributed by atoms with van der Waals surface area (Å²) in [6, 6.07) is 4.64. The maximum Gasteiger partial charge on any atom is 0.0571 e. The SMILES string of the molecule is CCCC(C)[Si](CC(C)C)(CC(C)C)CC(C)C. The highest BCUT2D eigenvalue weighted by Gasteiger charge is 2.39. The van der Waals surface area contributed by atoms with Crippen LogP contribution in [0.25, 0.3) is 0 Å². The Bertz CT molecular complexity index is 179. The second kappa shape index (κ2) is 8.40. The number of rotatable bonds is 9. The van der Waals surface area contributed by atoms with Crippen LogP contribution >= 0.6 is 0 Å². The van der Waals surface area contributed by atoms with Crippen LogP contribution in [0.2, 0.25) is 23.7 Å². The first-order valence-electron chi connectivity index (χ1n) is 8.23. The lowest BCUT2D eigenvalue weighted by molar-refractivity contribution is 0.605. The maximum atomic E-state index is 2.57. The van der Waals surface area contributed by atoms with Crippen LogP contribution in [0.4, 0.5) is 0 Å². The molecule has 0 aliphatic rings. The molecule has 0 aromatic rings. The van der Waals surface area contributed by atoms with Gasteiger partial charge in [-0.2, -0.15) is 0 Å². The van der Waals surface area contributed by atoms with Crippen LogP contribution < -0.4 is 0 Å². The molecule has 0 aromatic carbocycles. The normalized spacial score (nSPS) is 14.8. The minimum atomic E-state index is -1.11. The molecule has 0 amide bonds. The topological polar surface area (TPSA) is 0 Å². The molecule has 0 rings (SSSR count). The van der Waals surface area contributed by atoms with Crippen molar-refractivity contribution in [3.05, 3.63) is 0 Å². The van der Waals surface area contributed by atoms with Gasteiger partial charge in [0.2, 0.25) is 0 Å². The monoisotopic (exact) mass is 270 g/mol. The molecule has 0 spiro atoms. The third kappa shape index (κ3) is 6.40. The molecule has 0 saturated heterocycles. The van der Waals surface area contributed by atoms with Crippen molar-refractivity contribution >= 4 is 8.07 Å². The first-order chi connectivity index (χ1) is 8.23. The van der Waals surface area contributed by atoms with E-state index in [2.05, 4.69) is 55.4 Å². The Kier molecular flexibility index (Phi) is 8.50. The first-order valence-corrected chi connectivity index (χ1v) is 10.9. The van der Waals surface area contributed by atoms with Gasteiger partial charge < -0.3 is 0 Å². The van der Waals surface area contributed by atoms with Gasteiger partial charge in [-0.1, -0.05) is 86.4 Å². The Morgan fingerprint density at radius 2 is 1.00 bits per heavy atom. The summed E-state index contributed by atoms with van der Waals surface area (Å²) in [6.07, 6.45) is 2.82. The van der Waals surface area contributed by atoms with Crippen molar-refractivity contribution in [2.75, 3.05) is 0 Å². The molecule has 0 N–H and O–H groups in total. The Balaban J connectivity index is 5.09. The van der Waals surface area contributed by atoms with Gasteiger partial charge in [0.1, 0.15) is 0 Å². The summed E-state index contributed by atoms with van der Waals surface area (Å²) in [7, 11) is -1.11. The molecular weight excluding hydrogens is 232 g/mol. The van der Waals surface area contributed by atoms with Crippen molar-refractivity contribution in [1.29, 1.82) is 0 Å². The summed E-state index contributed by atoms with van der Waals surface area (Å²) in [5.74, 6) is 2.65. The van der Waals surface area contributed by atoms with Crippen LogP contribution in [0.1, 0.15) is 68.2 Å². The van der Waals surface area contributed by atoms with Gasteiger partial charge in [-0.3, -0.25) is 0 Å². The minimum absolute atomic E-state index is 0.883. The van der Waals surface area contributed by atoms with Gasteiger partial charge in [-0.05, 0) is 23.3 Å². The number of hydrogen-bond donors (Lipinski definition) is 0. The molecule has 110 valence electrons. The van der Waals surface area contributed by atoms with Gasteiger partial charge in [0.15, 0.2) is 0 Å². The van der Waals surface area contributed by atoms with Crippen molar-refractivity contribution < 1.29 is 0 Å². The van der Waals surface area contributed by atoms with Gasteiger partial charge >= 0.3 is 0 Å². The summed E-state index contributed by atoms with van der Waals surface area (Å²) in [6.45, 7) is 19.5. The molecule has 0 aliphatic carbocycles. The molecule has 0 heterocycles. The Morgan fingerprint density at radius 3 is 1.22 bits per heavy atom. The van der Waals surface area contributed by atoms with E-state index in [1.807, 2.05) is 0 Å². The fourth-order valence-electron chi connectivity index (χ4n) is 4.03. The zero-order chi connectivity index (χ0) is 14.3. The van der Waals surface area contributed by atoms with E-state index >= 15 is 0 Å². The first kappa shape index (κ1) is 18.2. The smallest absolute Gasteiger partial charge is 0.0571 e. The minimum Gasteiger partial charge on any atom is -0.0654 e. The molecular formula is C17H38Si. The summed E-state index contributed by atoms with van der Waals surface area (Å²) in [5.41, 5.74) is 1.01. The lowest BCUT2D eigenvalue weighted by atomic mass is 10.2. The van der Waals surface area contributed by atoms with E-state index in [1.54, 1.807) is 18.1 Å². The van der Waals surface area contributed by atoms with Gasteiger partial charge in [-0.15, -0.1) is 0 Å². The lowest BCUT2D eigenvalue weighted by Gasteiger charge is -2.42. The van der Waals surface area contributed by atoms with E-state index in [0.717, 1.165) is 23.3 Å². The average Bonchev–Trinajstić information content (AvgIpc) is 2.14. The van der Waals surface area contributed by atoms with Crippen molar-refractivity contribution in [3.8, 4) is 0 Å². The highest BCUT2D eigenvalue weighted by molar-refractivity contribution is 6.81. The second-order valence-electron chi connectivity index (χ2n) is 7.85. The molecule has 0 fully saturated rings. The Morgan fingerprint density at radius 1 is 0.667 bits per heavy atom. The fraction of sp³-hybridized carbons (Fsp3) is 1.00. The van der Waals surface area contributed by atoms with Crippen LogP contribution in [-0.2, 0) is 0 Å². The van der Waals surface area contributed by atoms with E-state index in [-0.39, 0.29) is 0 Å². The summed E-state index contributed by atoms with van der Waals surface area (Å²) < 4.78 is 0. The standard InChI is InChI=1S/C17H38Si/c1-9-10-17(8)18(11-14(2)3,12-15(4)5)13-16(6)7/h14-17H,9-13H2,1-8H3. The van der Waals surface area contributed by atoms with Crippen molar-refractivity contribution in [1.82, 2.24) is 0 Å². The Labute approximate surface area is 118 Å². The molecule has 1 heteroatoms. The molecule has 0 aromatic heterocycles. The quantitative estimate of drug-likeness (QED) is 0.414. The highest BCUT2D eigenvalue weighted by atomic mass is 28.3. The van der Waals surface area contributed by atoms with Crippen molar-refractivity contribution in [2.45, 2.75) is 91.9 Å². The predicted octanol–water partition coefficient (Wildman–Crippen LogP) is 6.59. The zero-order valence-electron chi connectivity index (χ0n) is 14.3. The summed E-state index contributed by atoms with van der Waals surface area (Å²) in [4.78, 5) is 0. The van der Waals surface area contributed by atoms with Crippen molar-refractivity contribution in [2.24, 2.45) is 17.8 Å². The second-order valence-corrected chi connectivity index (χ2v) is 12.8. The Hall–Kier alpha value is 0.217. The van der Waals surface area contributed by atoms with Crippen LogP contribution in [0.3, 0.4) is 0 Å². The fourth-order valence-corrected chi connectivity index (χ4v) is 11.5. The lowest BCUT2D eigenvalue weighted by Crippen LogP contribution is -2.42. The van der Waals surface area contributed by atoms with Gasteiger partial charge in [0, 0.05) is 0 Å². The molecule has 0 aliphatic heterocycles. The summed E-state index contributed by atoms with van der Waals surface area (Å²) >= 11 is 0. The van der Waals surface area contributed by atoms with E-state index in [1.165, 1.54) is 12.8 Å². The third-order valence-electron chi connectivity index (χ3n) is 4.21. The van der Waals surface area contributed by atoms with Gasteiger partial charge in [0.05, 0.1) is 8.07 Å². The molecule has 1 unspecified atom stereocenters. The van der Waals surface area contributed by atoms with E-state index < -0.39 is 8.07 Å². The largest absolute Gasteiger partial charge is 0.0654 e. The van der Waals surface area contributed by atoms with Gasteiger partial charge in [-0.25, -0.2) is 0 Å². The summed E-state index contributed by atoms with van der Waals surface area (Å²) in [5, 5.41) is 0. The van der Waals surface area contributed by atoms with Crippen LogP contribution in [0.15, 0.2) is 0 Å². The maximum absolute atomic E-state index is 2.57. The highest BCUT2D eigenvalue weighted by Crippen LogP contribution is 2.42. The van der Waals surface area contributed by atoms with E-state index in [0.29, 0.717) is 0 Å². The molecule has 0 saturated carbocycles. The van der Waals surface area contributed by atoms with Crippen LogP contribution in [0, 0.1) is 17.8 Å². The van der Waals surface area contributed by atoms with Gasteiger partial charge in [0.25, 0.3) is 0 Å². The molecule has 18 heavy (non-hydrogen) atoms.